The van der Waals surface area contributed by atoms with Crippen molar-refractivity contribution in [3.63, 3.8) is 0 Å². The maximum absolute atomic E-state index is 9.62. The number of rotatable bonds is 3. The van der Waals surface area contributed by atoms with Crippen molar-refractivity contribution in [1.82, 2.24) is 5.32 Å². The van der Waals surface area contributed by atoms with Gasteiger partial charge in [-0.3, -0.25) is 11.3 Å². The molecule has 0 bridgehead atoms. The van der Waals surface area contributed by atoms with E-state index in [1.807, 2.05) is 0 Å². The maximum Gasteiger partial charge on any atom is 0.174 e. The van der Waals surface area contributed by atoms with Gasteiger partial charge in [0.1, 0.15) is 0 Å². The Balaban J connectivity index is 0. The predicted molar refractivity (Wildman–Crippen MR) is 25.0 cm³/mol. The SMILES string of the molecule is C[CH-]N[CH-]C(=O)O.[Y]. The second-order valence-electron chi connectivity index (χ2n) is 0.938. The molecule has 0 saturated carbocycles. The molecule has 0 unspecified atom stereocenters. The zero-order valence-corrected chi connectivity index (χ0v) is 7.43. The normalized spacial score (nSPS) is 7.12. The molecule has 0 aromatic heterocycles. The molecule has 0 rings (SSSR count). The summed E-state index contributed by atoms with van der Waals surface area (Å²) in [4.78, 5) is 9.62. The fourth-order valence-electron chi connectivity index (χ4n) is 0.155. The Hall–Kier alpha value is 0.404. The first-order valence-corrected chi connectivity index (χ1v) is 1.87. The molecule has 4 heteroatoms. The minimum Gasteiger partial charge on any atom is -0.597 e. The summed E-state index contributed by atoms with van der Waals surface area (Å²) in [6.07, 6.45) is 0. The maximum atomic E-state index is 9.62. The average molecular weight is 190 g/mol. The summed E-state index contributed by atoms with van der Waals surface area (Å²) in [5.41, 5.74) is 0. The van der Waals surface area contributed by atoms with Crippen LogP contribution in [0.15, 0.2) is 0 Å². The van der Waals surface area contributed by atoms with Crippen LogP contribution >= 0.6 is 0 Å². The van der Waals surface area contributed by atoms with E-state index in [0.717, 1.165) is 6.54 Å². The third-order valence-electron chi connectivity index (χ3n) is 0.373. The molecule has 0 aromatic rings. The van der Waals surface area contributed by atoms with Gasteiger partial charge in [0, 0.05) is 32.7 Å². The van der Waals surface area contributed by atoms with Gasteiger partial charge in [-0.15, -0.1) is 0 Å². The van der Waals surface area contributed by atoms with Gasteiger partial charge in [0.15, 0.2) is 5.97 Å². The molecule has 45 valence electrons. The van der Waals surface area contributed by atoms with Crippen LogP contribution in [-0.2, 0) is 37.5 Å². The van der Waals surface area contributed by atoms with Gasteiger partial charge in [0.2, 0.25) is 0 Å². The topological polar surface area (TPSA) is 49.3 Å². The molecule has 2 N–H and O–H groups in total. The van der Waals surface area contributed by atoms with Crippen LogP contribution in [0.25, 0.3) is 0 Å². The van der Waals surface area contributed by atoms with E-state index in [1.54, 1.807) is 6.92 Å². The summed E-state index contributed by atoms with van der Waals surface area (Å²) in [5, 5.41) is 10.3. The molecular weight excluding hydrogens is 183 g/mol. The van der Waals surface area contributed by atoms with Gasteiger partial charge in [-0.25, -0.2) is 0 Å². The van der Waals surface area contributed by atoms with E-state index in [0.29, 0.717) is 0 Å². The standard InChI is InChI=1S/C4H7NO2.Y/c1-2-5-3-4(6)7;/h2-3,5H,1H3,(H,6,7);/q-2;. The van der Waals surface area contributed by atoms with E-state index < -0.39 is 5.97 Å². The van der Waals surface area contributed by atoms with Crippen molar-refractivity contribution in [1.29, 1.82) is 0 Å². The summed E-state index contributed by atoms with van der Waals surface area (Å²) < 4.78 is 0. The zero-order chi connectivity index (χ0) is 5.70. The van der Waals surface area contributed by atoms with Gasteiger partial charge < -0.3 is 17.0 Å². The van der Waals surface area contributed by atoms with Crippen molar-refractivity contribution in [3.05, 3.63) is 13.1 Å². The van der Waals surface area contributed by atoms with Crippen LogP contribution in [0.3, 0.4) is 0 Å². The Labute approximate surface area is 73.7 Å². The largest absolute Gasteiger partial charge is 0.597 e. The minimum atomic E-state index is -0.960. The summed E-state index contributed by atoms with van der Waals surface area (Å²) >= 11 is 0. The molecule has 1 radical (unpaired) electrons. The van der Waals surface area contributed by atoms with Gasteiger partial charge in [-0.2, -0.15) is 6.92 Å². The summed E-state index contributed by atoms with van der Waals surface area (Å²) in [7, 11) is 0. The molecular formula is C4H7NO2Y-2. The molecule has 0 heterocycles. The number of carbonyl (C=O) groups is 1. The van der Waals surface area contributed by atoms with Crippen LogP contribution in [0, 0.1) is 13.1 Å². The first-order valence-electron chi connectivity index (χ1n) is 1.87. The molecule has 0 amide bonds. The van der Waals surface area contributed by atoms with Crippen LogP contribution in [0.2, 0.25) is 0 Å². The van der Waals surface area contributed by atoms with Gasteiger partial charge in [-0.1, -0.05) is 0 Å². The van der Waals surface area contributed by atoms with E-state index in [1.165, 1.54) is 6.54 Å². The van der Waals surface area contributed by atoms with Crippen molar-refractivity contribution in [2.75, 3.05) is 0 Å². The fourth-order valence-corrected chi connectivity index (χ4v) is 0.155. The Morgan fingerprint density at radius 3 is 2.38 bits per heavy atom. The van der Waals surface area contributed by atoms with Gasteiger partial charge in [0.05, 0.1) is 0 Å². The van der Waals surface area contributed by atoms with Crippen molar-refractivity contribution in [2.24, 2.45) is 0 Å². The smallest absolute Gasteiger partial charge is 0.174 e. The van der Waals surface area contributed by atoms with E-state index in [2.05, 4.69) is 5.32 Å². The molecule has 0 fully saturated rings. The van der Waals surface area contributed by atoms with Crippen LogP contribution in [-0.4, -0.2) is 11.1 Å². The third-order valence-corrected chi connectivity index (χ3v) is 0.373. The van der Waals surface area contributed by atoms with E-state index >= 15 is 0 Å². The zero-order valence-electron chi connectivity index (χ0n) is 4.59. The quantitative estimate of drug-likeness (QED) is 0.616. The van der Waals surface area contributed by atoms with Crippen molar-refractivity contribution in [2.45, 2.75) is 6.92 Å². The van der Waals surface area contributed by atoms with Crippen molar-refractivity contribution < 1.29 is 42.6 Å². The van der Waals surface area contributed by atoms with E-state index in [4.69, 9.17) is 5.11 Å². The second kappa shape index (κ2) is 7.40. The second-order valence-corrected chi connectivity index (χ2v) is 0.938. The molecule has 0 aromatic carbocycles. The first-order chi connectivity index (χ1) is 3.27. The van der Waals surface area contributed by atoms with Crippen LogP contribution in [0.4, 0.5) is 0 Å². The molecule has 0 atom stereocenters. The number of carboxylic acid groups (broad SMARTS) is 1. The Kier molecular flexibility index (Phi) is 10.4. The Morgan fingerprint density at radius 1 is 1.75 bits per heavy atom. The summed E-state index contributed by atoms with van der Waals surface area (Å²) in [6.45, 7) is 4.20. The van der Waals surface area contributed by atoms with Gasteiger partial charge in [0.25, 0.3) is 0 Å². The third kappa shape index (κ3) is 9.64. The Morgan fingerprint density at radius 2 is 2.25 bits per heavy atom. The predicted octanol–water partition coefficient (Wildman–Crippen LogP) is 0.00158. The van der Waals surface area contributed by atoms with Crippen LogP contribution < -0.4 is 5.32 Å². The Bertz CT molecular complexity index is 67.1. The number of hydrogen-bond acceptors (Lipinski definition) is 2. The molecule has 0 aliphatic carbocycles. The minimum absolute atomic E-state index is 0. The summed E-state index contributed by atoms with van der Waals surface area (Å²) in [6, 6.07) is 0. The number of carboxylic acids is 1. The van der Waals surface area contributed by atoms with Crippen molar-refractivity contribution >= 4 is 5.97 Å². The number of nitrogens with one attached hydrogen (secondary N) is 1. The fraction of sp³-hybridized carbons (Fsp3) is 0.250. The van der Waals surface area contributed by atoms with E-state index in [9.17, 15) is 4.79 Å². The number of aliphatic carboxylic acids is 1. The monoisotopic (exact) mass is 190 g/mol. The van der Waals surface area contributed by atoms with Crippen LogP contribution in [0.5, 0.6) is 0 Å². The van der Waals surface area contributed by atoms with Crippen LogP contribution in [0.1, 0.15) is 6.92 Å². The molecule has 0 aliphatic heterocycles. The molecule has 0 spiro atoms. The van der Waals surface area contributed by atoms with Gasteiger partial charge in [-0.05, 0) is 0 Å². The first kappa shape index (κ1) is 11.2. The molecule has 0 saturated heterocycles. The van der Waals surface area contributed by atoms with Crippen molar-refractivity contribution in [3.8, 4) is 0 Å². The van der Waals surface area contributed by atoms with E-state index in [-0.39, 0.29) is 32.7 Å². The summed E-state index contributed by atoms with van der Waals surface area (Å²) in [5.74, 6) is -0.960. The number of hydrogen-bond donors (Lipinski definition) is 2. The van der Waals surface area contributed by atoms with Gasteiger partial charge >= 0.3 is 0 Å². The molecule has 3 nitrogen and oxygen atoms in total. The molecule has 8 heavy (non-hydrogen) atoms. The average Bonchev–Trinajstić information content (AvgIpc) is 1.61. The molecule has 0 aliphatic rings.